The zero-order chi connectivity index (χ0) is 16.2. The number of hydrogen-bond donors (Lipinski definition) is 1. The van der Waals surface area contributed by atoms with Crippen LogP contribution in [0.15, 0.2) is 42.6 Å². The molecule has 5 heteroatoms. The maximum Gasteiger partial charge on any atom is 0.272 e. The summed E-state index contributed by atoms with van der Waals surface area (Å²) in [5, 5.41) is 3.90. The Kier molecular flexibility index (Phi) is 4.82. The van der Waals surface area contributed by atoms with Gasteiger partial charge in [0.05, 0.1) is 11.9 Å². The number of likely N-dealkylation sites (tertiary alicyclic amines) is 1. The third-order valence-electron chi connectivity index (χ3n) is 4.04. The molecule has 0 spiro atoms. The number of nitrogens with one attached hydrogen (secondary N) is 1. The number of anilines is 2. The molecule has 1 saturated heterocycles. The Morgan fingerprint density at radius 3 is 2.87 bits per heavy atom. The van der Waals surface area contributed by atoms with Crippen molar-refractivity contribution in [1.29, 1.82) is 0 Å². The predicted molar refractivity (Wildman–Crippen MR) is 93.3 cm³/mol. The molecule has 1 unspecified atom stereocenters. The van der Waals surface area contributed by atoms with Crippen molar-refractivity contribution in [1.82, 2.24) is 9.88 Å². The molecule has 1 fully saturated rings. The highest BCUT2D eigenvalue weighted by molar-refractivity contribution is 6.30. The highest BCUT2D eigenvalue weighted by Crippen LogP contribution is 2.21. The first-order valence-corrected chi connectivity index (χ1v) is 8.27. The van der Waals surface area contributed by atoms with Crippen molar-refractivity contribution >= 4 is 28.9 Å². The van der Waals surface area contributed by atoms with E-state index in [1.807, 2.05) is 35.2 Å². The van der Waals surface area contributed by atoms with Gasteiger partial charge in [-0.25, -0.2) is 4.98 Å². The molecule has 1 aromatic carbocycles. The van der Waals surface area contributed by atoms with Crippen LogP contribution in [0, 0.1) is 5.92 Å². The van der Waals surface area contributed by atoms with Gasteiger partial charge in [-0.2, -0.15) is 0 Å². The normalized spacial score (nSPS) is 17.8. The molecule has 1 N–H and O–H groups in total. The van der Waals surface area contributed by atoms with Crippen LogP contribution >= 0.6 is 11.6 Å². The van der Waals surface area contributed by atoms with E-state index in [4.69, 9.17) is 11.6 Å². The van der Waals surface area contributed by atoms with Gasteiger partial charge in [0.25, 0.3) is 5.91 Å². The number of benzene rings is 1. The molecular weight excluding hydrogens is 310 g/mol. The van der Waals surface area contributed by atoms with Crippen LogP contribution in [0.1, 0.15) is 30.3 Å². The number of nitrogens with zero attached hydrogens (tertiary/aromatic N) is 2. The lowest BCUT2D eigenvalue weighted by Crippen LogP contribution is -2.39. The molecule has 0 aliphatic carbocycles. The summed E-state index contributed by atoms with van der Waals surface area (Å²) in [5.74, 6) is 0.585. The molecule has 4 nitrogen and oxygen atoms in total. The highest BCUT2D eigenvalue weighted by Gasteiger charge is 2.22. The van der Waals surface area contributed by atoms with Crippen molar-refractivity contribution in [3.05, 3.63) is 53.3 Å². The third kappa shape index (κ3) is 4.02. The van der Waals surface area contributed by atoms with Crippen LogP contribution in [0.25, 0.3) is 0 Å². The maximum absolute atomic E-state index is 12.5. The highest BCUT2D eigenvalue weighted by atomic mass is 35.5. The Morgan fingerprint density at radius 1 is 1.30 bits per heavy atom. The first-order chi connectivity index (χ1) is 11.1. The molecule has 1 aromatic heterocycles. The van der Waals surface area contributed by atoms with Crippen molar-refractivity contribution in [2.75, 3.05) is 18.4 Å². The van der Waals surface area contributed by atoms with Crippen LogP contribution < -0.4 is 5.32 Å². The number of halogens is 1. The standard InChI is InChI=1S/C18H20ClN3O/c1-13-4-3-9-22(12-13)18(23)17-8-7-16(11-20-17)21-15-6-2-5-14(19)10-15/h2,5-8,10-11,13,21H,3-4,9,12H2,1H3. The summed E-state index contributed by atoms with van der Waals surface area (Å²) in [6.07, 6.45) is 3.95. The fourth-order valence-electron chi connectivity index (χ4n) is 2.86. The fourth-order valence-corrected chi connectivity index (χ4v) is 3.05. The van der Waals surface area contributed by atoms with E-state index in [0.717, 1.165) is 30.9 Å². The Bertz CT molecular complexity index is 687. The van der Waals surface area contributed by atoms with Gasteiger partial charge in [-0.3, -0.25) is 4.79 Å². The lowest BCUT2D eigenvalue weighted by Gasteiger charge is -2.30. The Balaban J connectivity index is 1.68. The number of amides is 1. The Labute approximate surface area is 141 Å². The van der Waals surface area contributed by atoms with Crippen LogP contribution in [-0.4, -0.2) is 28.9 Å². The van der Waals surface area contributed by atoms with Crippen LogP contribution in [-0.2, 0) is 0 Å². The number of rotatable bonds is 3. The van der Waals surface area contributed by atoms with Gasteiger partial charge in [-0.15, -0.1) is 0 Å². The Morgan fingerprint density at radius 2 is 2.17 bits per heavy atom. The van der Waals surface area contributed by atoms with Crippen molar-refractivity contribution in [2.24, 2.45) is 5.92 Å². The van der Waals surface area contributed by atoms with E-state index in [9.17, 15) is 4.79 Å². The fraction of sp³-hybridized carbons (Fsp3) is 0.333. The Hall–Kier alpha value is -2.07. The molecule has 2 aromatic rings. The minimum atomic E-state index is 0.0193. The first kappa shape index (κ1) is 15.8. The van der Waals surface area contributed by atoms with Crippen molar-refractivity contribution in [2.45, 2.75) is 19.8 Å². The quantitative estimate of drug-likeness (QED) is 0.910. The van der Waals surface area contributed by atoms with Gasteiger partial charge in [0, 0.05) is 23.8 Å². The van der Waals surface area contributed by atoms with E-state index in [0.29, 0.717) is 16.6 Å². The van der Waals surface area contributed by atoms with E-state index < -0.39 is 0 Å². The number of pyridine rings is 1. The molecular formula is C18H20ClN3O. The molecule has 1 aliphatic rings. The van der Waals surface area contributed by atoms with E-state index in [2.05, 4.69) is 17.2 Å². The largest absolute Gasteiger partial charge is 0.354 e. The summed E-state index contributed by atoms with van der Waals surface area (Å²) in [7, 11) is 0. The number of carbonyl (C=O) groups is 1. The molecule has 2 heterocycles. The second-order valence-electron chi connectivity index (χ2n) is 6.07. The topological polar surface area (TPSA) is 45.2 Å². The molecule has 23 heavy (non-hydrogen) atoms. The predicted octanol–water partition coefficient (Wildman–Crippen LogP) is 4.35. The van der Waals surface area contributed by atoms with E-state index in [1.165, 1.54) is 6.42 Å². The molecule has 1 aliphatic heterocycles. The SMILES string of the molecule is CC1CCCN(C(=O)c2ccc(Nc3cccc(Cl)c3)cn2)C1. The molecule has 0 radical (unpaired) electrons. The summed E-state index contributed by atoms with van der Waals surface area (Å²) >= 11 is 5.97. The summed E-state index contributed by atoms with van der Waals surface area (Å²) in [5.41, 5.74) is 2.22. The van der Waals surface area contributed by atoms with Gasteiger partial charge in [-0.05, 0) is 49.1 Å². The van der Waals surface area contributed by atoms with Gasteiger partial charge < -0.3 is 10.2 Å². The van der Waals surface area contributed by atoms with E-state index in [-0.39, 0.29) is 5.91 Å². The van der Waals surface area contributed by atoms with Crippen molar-refractivity contribution in [3.8, 4) is 0 Å². The minimum absolute atomic E-state index is 0.0193. The lowest BCUT2D eigenvalue weighted by atomic mass is 10.00. The average Bonchev–Trinajstić information content (AvgIpc) is 2.55. The molecule has 3 rings (SSSR count). The molecule has 0 bridgehead atoms. The maximum atomic E-state index is 12.5. The van der Waals surface area contributed by atoms with Crippen LogP contribution in [0.4, 0.5) is 11.4 Å². The smallest absolute Gasteiger partial charge is 0.272 e. The minimum Gasteiger partial charge on any atom is -0.354 e. The van der Waals surface area contributed by atoms with E-state index >= 15 is 0 Å². The number of carbonyl (C=O) groups excluding carboxylic acids is 1. The molecule has 1 atom stereocenters. The lowest BCUT2D eigenvalue weighted by molar-refractivity contribution is 0.0677. The zero-order valence-corrected chi connectivity index (χ0v) is 13.9. The molecule has 0 saturated carbocycles. The van der Waals surface area contributed by atoms with Gasteiger partial charge >= 0.3 is 0 Å². The van der Waals surface area contributed by atoms with Crippen LogP contribution in [0.5, 0.6) is 0 Å². The molecule has 1 amide bonds. The molecule has 120 valence electrons. The number of aromatic nitrogens is 1. The van der Waals surface area contributed by atoms with E-state index in [1.54, 1.807) is 12.3 Å². The number of piperidine rings is 1. The van der Waals surface area contributed by atoms with Crippen LogP contribution in [0.3, 0.4) is 0 Å². The monoisotopic (exact) mass is 329 g/mol. The van der Waals surface area contributed by atoms with Gasteiger partial charge in [0.15, 0.2) is 0 Å². The van der Waals surface area contributed by atoms with Gasteiger partial charge in [-0.1, -0.05) is 24.6 Å². The second-order valence-corrected chi connectivity index (χ2v) is 6.50. The first-order valence-electron chi connectivity index (χ1n) is 7.90. The third-order valence-corrected chi connectivity index (χ3v) is 4.28. The zero-order valence-electron chi connectivity index (χ0n) is 13.1. The average molecular weight is 330 g/mol. The summed E-state index contributed by atoms with van der Waals surface area (Å²) < 4.78 is 0. The van der Waals surface area contributed by atoms with Gasteiger partial charge in [0.1, 0.15) is 5.69 Å². The second kappa shape index (κ2) is 7.01. The number of hydrogen-bond acceptors (Lipinski definition) is 3. The van der Waals surface area contributed by atoms with Crippen molar-refractivity contribution in [3.63, 3.8) is 0 Å². The van der Waals surface area contributed by atoms with Crippen molar-refractivity contribution < 1.29 is 4.79 Å². The summed E-state index contributed by atoms with van der Waals surface area (Å²) in [4.78, 5) is 18.7. The van der Waals surface area contributed by atoms with Crippen LogP contribution in [0.2, 0.25) is 5.02 Å². The summed E-state index contributed by atoms with van der Waals surface area (Å²) in [6.45, 7) is 3.83. The van der Waals surface area contributed by atoms with Gasteiger partial charge in [0.2, 0.25) is 0 Å². The summed E-state index contributed by atoms with van der Waals surface area (Å²) in [6, 6.07) is 11.1.